The second-order valence-electron chi connectivity index (χ2n) is 3.57. The molecule has 0 N–H and O–H groups in total. The van der Waals surface area contributed by atoms with Gasteiger partial charge in [0.1, 0.15) is 0 Å². The van der Waals surface area contributed by atoms with Crippen molar-refractivity contribution in [3.8, 4) is 0 Å². The second-order valence-corrected chi connectivity index (χ2v) is 3.57. The molecular formula is C14H22CuO4. The van der Waals surface area contributed by atoms with Crippen molar-refractivity contribution in [3.63, 3.8) is 0 Å². The van der Waals surface area contributed by atoms with Gasteiger partial charge in [0.15, 0.2) is 0 Å². The van der Waals surface area contributed by atoms with Crippen molar-refractivity contribution in [2.24, 2.45) is 0 Å². The summed E-state index contributed by atoms with van der Waals surface area (Å²) in [7, 11) is 0. The third-order valence-corrected chi connectivity index (χ3v) is 2.04. The Morgan fingerprint density at radius 3 is 0.842 bits per heavy atom. The van der Waals surface area contributed by atoms with Crippen molar-refractivity contribution < 1.29 is 36.2 Å². The van der Waals surface area contributed by atoms with Crippen LogP contribution in [0.5, 0.6) is 0 Å². The minimum Gasteiger partial charge on any atom is -0.334 e. The van der Waals surface area contributed by atoms with Gasteiger partial charge < -0.3 is 19.2 Å². The molecule has 0 aromatic heterocycles. The molecule has 0 heterocycles. The van der Waals surface area contributed by atoms with E-state index in [1.54, 1.807) is 27.7 Å². The quantitative estimate of drug-likeness (QED) is 0.391. The van der Waals surface area contributed by atoms with Crippen LogP contribution in [0.1, 0.15) is 53.4 Å². The molecule has 0 fully saturated rings. The molecule has 0 saturated heterocycles. The van der Waals surface area contributed by atoms with E-state index in [4.69, 9.17) is 0 Å². The Labute approximate surface area is 126 Å². The van der Waals surface area contributed by atoms with Gasteiger partial charge in [0.05, 0.1) is 0 Å². The normalized spacial score (nSPS) is 8.21. The Bertz CT molecular complexity index is 240. The molecular weight excluding hydrogens is 296 g/mol. The Balaban J connectivity index is -0.000000256. The van der Waals surface area contributed by atoms with Gasteiger partial charge in [0, 0.05) is 23.1 Å². The molecule has 0 aliphatic carbocycles. The van der Waals surface area contributed by atoms with E-state index in [2.05, 4.69) is 0 Å². The number of carbonyl (C=O) groups is 4. The molecule has 4 nitrogen and oxygen atoms in total. The number of hydrogen-bond acceptors (Lipinski definition) is 4. The average Bonchev–Trinajstić information content (AvgIpc) is 2.38. The van der Waals surface area contributed by atoms with Crippen molar-refractivity contribution >= 4 is 23.1 Å². The maximum Gasteiger partial charge on any atom is 2.00 e. The van der Waals surface area contributed by atoms with Gasteiger partial charge in [-0.05, 0) is 25.7 Å². The molecule has 0 unspecified atom stereocenters. The predicted molar refractivity (Wildman–Crippen MR) is 69.8 cm³/mol. The van der Waals surface area contributed by atoms with Gasteiger partial charge in [-0.25, -0.2) is 0 Å². The van der Waals surface area contributed by atoms with Gasteiger partial charge in [-0.15, -0.1) is 0 Å². The molecule has 0 saturated carbocycles. The Kier molecular flexibility index (Phi) is 18.2. The van der Waals surface area contributed by atoms with E-state index in [9.17, 15) is 19.2 Å². The van der Waals surface area contributed by atoms with Gasteiger partial charge in [-0.1, -0.05) is 27.7 Å². The smallest absolute Gasteiger partial charge is 0.334 e. The molecule has 5 heteroatoms. The monoisotopic (exact) mass is 317 g/mol. The molecule has 0 aromatic rings. The summed E-state index contributed by atoms with van der Waals surface area (Å²) in [5, 5.41) is 0. The van der Waals surface area contributed by atoms with Crippen LogP contribution in [0.3, 0.4) is 0 Å². The molecule has 0 aliphatic heterocycles. The van der Waals surface area contributed by atoms with E-state index >= 15 is 0 Å². The molecule has 0 bridgehead atoms. The number of hydrogen-bond donors (Lipinski definition) is 0. The first kappa shape index (κ1) is 23.1. The van der Waals surface area contributed by atoms with Gasteiger partial charge in [-0.3, -0.25) is 12.8 Å². The first-order valence-corrected chi connectivity index (χ1v) is 6.21. The van der Waals surface area contributed by atoms with E-state index in [0.29, 0.717) is 25.7 Å². The van der Waals surface area contributed by atoms with E-state index < -0.39 is 0 Å². The van der Waals surface area contributed by atoms with E-state index in [-0.39, 0.29) is 40.2 Å². The largest absolute Gasteiger partial charge is 2.00 e. The fourth-order valence-electron chi connectivity index (χ4n) is 0.767. The SMILES string of the molecule is CCC(=O)[CH-]C(=O)CC.CCC(=O)[CH-]C(=O)CC.[Cu+2]. The molecule has 0 amide bonds. The van der Waals surface area contributed by atoms with E-state index in [1.165, 1.54) is 12.8 Å². The van der Waals surface area contributed by atoms with Crippen LogP contribution in [0.4, 0.5) is 0 Å². The summed E-state index contributed by atoms with van der Waals surface area (Å²) in [6.07, 6.45) is 4.02. The van der Waals surface area contributed by atoms with Crippen LogP contribution in [0.15, 0.2) is 0 Å². The van der Waals surface area contributed by atoms with Gasteiger partial charge in [0.25, 0.3) is 0 Å². The van der Waals surface area contributed by atoms with Crippen LogP contribution in [-0.2, 0) is 36.2 Å². The van der Waals surface area contributed by atoms with Crippen LogP contribution in [-0.4, -0.2) is 23.1 Å². The summed E-state index contributed by atoms with van der Waals surface area (Å²) in [5.74, 6) is -0.326. The molecule has 0 atom stereocenters. The van der Waals surface area contributed by atoms with Crippen LogP contribution in [0.2, 0.25) is 0 Å². The molecule has 0 aromatic carbocycles. The van der Waals surface area contributed by atoms with Crippen molar-refractivity contribution in [2.75, 3.05) is 0 Å². The number of ketones is 4. The van der Waals surface area contributed by atoms with Crippen molar-refractivity contribution in [1.82, 2.24) is 0 Å². The topological polar surface area (TPSA) is 68.3 Å². The van der Waals surface area contributed by atoms with Crippen LogP contribution >= 0.6 is 0 Å². The standard InChI is InChI=1S/2C7H11O2.Cu/c2*1-3-6(8)5-7(9)4-2;/h2*5H,3-4H2,1-2H3;/q2*-1;+2. The second kappa shape index (κ2) is 15.0. The third-order valence-electron chi connectivity index (χ3n) is 2.04. The third kappa shape index (κ3) is 16.9. The maximum atomic E-state index is 10.5. The zero-order valence-electron chi connectivity index (χ0n) is 11.9. The van der Waals surface area contributed by atoms with Crippen molar-refractivity contribution in [1.29, 1.82) is 0 Å². The summed E-state index contributed by atoms with van der Waals surface area (Å²) in [4.78, 5) is 42.0. The van der Waals surface area contributed by atoms with Crippen LogP contribution < -0.4 is 0 Å². The summed E-state index contributed by atoms with van der Waals surface area (Å²) < 4.78 is 0. The van der Waals surface area contributed by atoms with Crippen LogP contribution in [0, 0.1) is 12.8 Å². The van der Waals surface area contributed by atoms with Crippen molar-refractivity contribution in [2.45, 2.75) is 53.4 Å². The number of carbonyl (C=O) groups excluding carboxylic acids is 4. The van der Waals surface area contributed by atoms with E-state index in [0.717, 1.165) is 0 Å². The zero-order valence-corrected chi connectivity index (χ0v) is 12.9. The molecule has 0 spiro atoms. The minimum absolute atomic E-state index is 0. The first-order valence-electron chi connectivity index (χ1n) is 6.21. The first-order chi connectivity index (χ1) is 8.40. The number of Topliss-reactive ketones (excluding diaryl/α,β-unsaturated/α-hetero) is 4. The predicted octanol–water partition coefficient (Wildman–Crippen LogP) is 2.30. The van der Waals surface area contributed by atoms with Gasteiger partial charge in [-0.2, -0.15) is 0 Å². The van der Waals surface area contributed by atoms with Crippen LogP contribution in [0.25, 0.3) is 0 Å². The fraction of sp³-hybridized carbons (Fsp3) is 0.571. The Morgan fingerprint density at radius 1 is 0.579 bits per heavy atom. The van der Waals surface area contributed by atoms with Gasteiger partial charge >= 0.3 is 17.1 Å². The molecule has 19 heavy (non-hydrogen) atoms. The van der Waals surface area contributed by atoms with Gasteiger partial charge in [0.2, 0.25) is 0 Å². The summed E-state index contributed by atoms with van der Waals surface area (Å²) in [5.41, 5.74) is 0. The Hall–Kier alpha value is -1.06. The molecule has 1 radical (unpaired) electrons. The average molecular weight is 318 g/mol. The molecule has 113 valence electrons. The minimum atomic E-state index is -0.0816. The van der Waals surface area contributed by atoms with Crippen molar-refractivity contribution in [3.05, 3.63) is 12.8 Å². The summed E-state index contributed by atoms with van der Waals surface area (Å²) >= 11 is 0. The number of rotatable bonds is 8. The van der Waals surface area contributed by atoms with E-state index in [1.807, 2.05) is 0 Å². The molecule has 0 rings (SSSR count). The molecule has 0 aliphatic rings. The fourth-order valence-corrected chi connectivity index (χ4v) is 0.767. The zero-order chi connectivity index (χ0) is 14.6. The summed E-state index contributed by atoms with van der Waals surface area (Å²) in [6.45, 7) is 6.95. The Morgan fingerprint density at radius 2 is 0.737 bits per heavy atom. The maximum absolute atomic E-state index is 10.5. The summed E-state index contributed by atoms with van der Waals surface area (Å²) in [6, 6.07) is 0.